The molecule has 28 heavy (non-hydrogen) atoms. The Balaban J connectivity index is 1.77. The predicted octanol–water partition coefficient (Wildman–Crippen LogP) is 0.615. The van der Waals surface area contributed by atoms with Crippen LogP contribution in [0.5, 0.6) is 0 Å². The fraction of sp³-hybridized carbons (Fsp3) is 0.438. The molecule has 1 saturated heterocycles. The Morgan fingerprint density at radius 2 is 2.29 bits per heavy atom. The van der Waals surface area contributed by atoms with Crippen LogP contribution >= 0.6 is 23.1 Å². The zero-order chi connectivity index (χ0) is 20.4. The number of hydrogen-bond donors (Lipinski definition) is 3. The van der Waals surface area contributed by atoms with E-state index in [4.69, 9.17) is 10.6 Å². The van der Waals surface area contributed by atoms with Crippen LogP contribution in [-0.4, -0.2) is 62.3 Å². The minimum absolute atomic E-state index is 0.0216. The first-order valence-electron chi connectivity index (χ1n) is 8.45. The Labute approximate surface area is 168 Å². The Hall–Kier alpha value is -2.60. The summed E-state index contributed by atoms with van der Waals surface area (Å²) in [5.41, 5.74) is 6.38. The van der Waals surface area contributed by atoms with Crippen LogP contribution in [0.2, 0.25) is 0 Å². The molecule has 1 aromatic rings. The molecule has 10 nitrogen and oxygen atoms in total. The second-order valence-corrected chi connectivity index (χ2v) is 8.13. The van der Waals surface area contributed by atoms with E-state index in [0.717, 1.165) is 11.3 Å². The van der Waals surface area contributed by atoms with Crippen molar-refractivity contribution >= 4 is 51.7 Å². The monoisotopic (exact) mass is 425 g/mol. The van der Waals surface area contributed by atoms with Gasteiger partial charge in [0.05, 0.1) is 0 Å². The Morgan fingerprint density at radius 3 is 2.89 bits per heavy atom. The fourth-order valence-electron chi connectivity index (χ4n) is 2.79. The summed E-state index contributed by atoms with van der Waals surface area (Å²) in [4.78, 5) is 47.1. The largest absolute Gasteiger partial charge is 0.477 e. The lowest BCUT2D eigenvalue weighted by Crippen LogP contribution is -2.71. The highest BCUT2D eigenvalue weighted by Crippen LogP contribution is 2.40. The third-order valence-corrected chi connectivity index (χ3v) is 6.18. The number of carboxylic acid groups (broad SMARTS) is 1. The smallest absolute Gasteiger partial charge is 0.352 e. The van der Waals surface area contributed by atoms with E-state index >= 15 is 0 Å². The molecule has 4 N–H and O–H groups in total. The summed E-state index contributed by atoms with van der Waals surface area (Å²) in [5.74, 6) is -1.81. The SMILES string of the molecule is CCCON=C(C(=O)NC1C(=O)N2C(C(=O)O)=C(C)CS[C@H]12)c1csc(N)n1. The first-order valence-corrected chi connectivity index (χ1v) is 10.4. The fourth-order valence-corrected chi connectivity index (χ4v) is 4.63. The van der Waals surface area contributed by atoms with Crippen molar-refractivity contribution in [3.05, 3.63) is 22.3 Å². The molecule has 0 aliphatic carbocycles. The molecule has 1 aromatic heterocycles. The quantitative estimate of drug-likeness (QED) is 0.249. The van der Waals surface area contributed by atoms with Crippen LogP contribution in [-0.2, 0) is 19.2 Å². The van der Waals surface area contributed by atoms with Crippen LogP contribution < -0.4 is 11.1 Å². The number of rotatable bonds is 7. The van der Waals surface area contributed by atoms with Crippen LogP contribution in [0.15, 0.2) is 21.8 Å². The van der Waals surface area contributed by atoms with E-state index in [0.29, 0.717) is 24.4 Å². The summed E-state index contributed by atoms with van der Waals surface area (Å²) in [5, 5.41) is 17.2. The number of thiazole rings is 1. The molecule has 0 spiro atoms. The number of nitrogens with two attached hydrogens (primary N) is 1. The van der Waals surface area contributed by atoms with Crippen LogP contribution in [0.3, 0.4) is 0 Å². The van der Waals surface area contributed by atoms with Gasteiger partial charge in [-0.05, 0) is 18.9 Å². The number of nitrogens with one attached hydrogen (secondary N) is 1. The number of oxime groups is 1. The summed E-state index contributed by atoms with van der Waals surface area (Å²) < 4.78 is 0. The second-order valence-electron chi connectivity index (χ2n) is 6.14. The number of thioether (sulfide) groups is 1. The number of fused-ring (bicyclic) bond motifs is 1. The number of carbonyl (C=O) groups excluding carboxylic acids is 2. The Bertz CT molecular complexity index is 881. The third-order valence-electron chi connectivity index (χ3n) is 4.08. The summed E-state index contributed by atoms with van der Waals surface area (Å²) in [6.07, 6.45) is 0.704. The third kappa shape index (κ3) is 3.69. The molecule has 3 rings (SSSR count). The molecule has 0 saturated carbocycles. The maximum absolute atomic E-state index is 12.7. The van der Waals surface area contributed by atoms with Crippen molar-refractivity contribution in [1.82, 2.24) is 15.2 Å². The van der Waals surface area contributed by atoms with Crippen molar-refractivity contribution in [3.63, 3.8) is 0 Å². The Kier molecular flexibility index (Phi) is 5.89. The number of aromatic nitrogens is 1. The van der Waals surface area contributed by atoms with Gasteiger partial charge in [0.1, 0.15) is 29.4 Å². The number of hydrogen-bond acceptors (Lipinski definition) is 9. The number of aliphatic carboxylic acids is 1. The lowest BCUT2D eigenvalue weighted by atomic mass is 10.0. The van der Waals surface area contributed by atoms with Crippen molar-refractivity contribution in [2.45, 2.75) is 31.7 Å². The molecule has 1 unspecified atom stereocenters. The average Bonchev–Trinajstić information content (AvgIpc) is 3.08. The van der Waals surface area contributed by atoms with Crippen molar-refractivity contribution < 1.29 is 24.3 Å². The van der Waals surface area contributed by atoms with Gasteiger partial charge in [-0.3, -0.25) is 14.5 Å². The van der Waals surface area contributed by atoms with E-state index in [2.05, 4.69) is 15.5 Å². The van der Waals surface area contributed by atoms with Crippen molar-refractivity contribution in [1.29, 1.82) is 0 Å². The number of amides is 2. The maximum Gasteiger partial charge on any atom is 0.352 e. The normalized spacial score (nSPS) is 21.9. The van der Waals surface area contributed by atoms with Crippen LogP contribution in [0.25, 0.3) is 0 Å². The molecule has 0 radical (unpaired) electrons. The van der Waals surface area contributed by atoms with Gasteiger partial charge in [-0.2, -0.15) is 0 Å². The molecule has 1 fully saturated rings. The summed E-state index contributed by atoms with van der Waals surface area (Å²) in [7, 11) is 0. The highest BCUT2D eigenvalue weighted by atomic mass is 32.2. The molecule has 0 aromatic carbocycles. The first kappa shape index (κ1) is 20.1. The average molecular weight is 425 g/mol. The lowest BCUT2D eigenvalue weighted by molar-refractivity contribution is -0.150. The zero-order valence-corrected chi connectivity index (χ0v) is 16.8. The summed E-state index contributed by atoms with van der Waals surface area (Å²) >= 11 is 2.54. The van der Waals surface area contributed by atoms with Gasteiger partial charge >= 0.3 is 5.97 Å². The molecule has 2 aliphatic heterocycles. The molecular weight excluding hydrogens is 406 g/mol. The van der Waals surface area contributed by atoms with Crippen molar-refractivity contribution in [2.75, 3.05) is 18.1 Å². The minimum atomic E-state index is -1.16. The number of nitrogens with zero attached hydrogens (tertiary/aromatic N) is 3. The standard InChI is InChI=1S/C16H19N5O5S2/c1-3-4-26-20-9(8-6-28-16(17)18-8)12(22)19-10-13(23)21-11(15(24)25)7(2)5-27-14(10)21/h6,10,14H,3-5H2,1-2H3,(H2,17,18)(H,19,22)(H,24,25)/t10?,14-/m1/s1. The van der Waals surface area contributed by atoms with Crippen LogP contribution in [0.4, 0.5) is 5.13 Å². The molecule has 150 valence electrons. The first-order chi connectivity index (χ1) is 13.3. The molecule has 12 heteroatoms. The number of nitrogen functional groups attached to an aromatic ring is 1. The van der Waals surface area contributed by atoms with Gasteiger partial charge in [-0.25, -0.2) is 9.78 Å². The van der Waals surface area contributed by atoms with Crippen molar-refractivity contribution in [2.24, 2.45) is 5.16 Å². The lowest BCUT2D eigenvalue weighted by Gasteiger charge is -2.49. The van der Waals surface area contributed by atoms with E-state index in [-0.39, 0.29) is 22.2 Å². The summed E-state index contributed by atoms with van der Waals surface area (Å²) in [6.45, 7) is 3.89. The zero-order valence-electron chi connectivity index (χ0n) is 15.2. The van der Waals surface area contributed by atoms with Gasteiger partial charge in [-0.1, -0.05) is 12.1 Å². The number of β-lactam (4-membered cyclic amide) rings is 1. The Morgan fingerprint density at radius 1 is 1.54 bits per heavy atom. The highest BCUT2D eigenvalue weighted by Gasteiger charge is 2.54. The molecule has 2 aliphatic rings. The molecular formula is C16H19N5O5S2. The predicted molar refractivity (Wildman–Crippen MR) is 105 cm³/mol. The highest BCUT2D eigenvalue weighted by molar-refractivity contribution is 8.00. The van der Waals surface area contributed by atoms with Gasteiger partial charge in [-0.15, -0.1) is 23.1 Å². The van der Waals surface area contributed by atoms with Crippen molar-refractivity contribution in [3.8, 4) is 0 Å². The van der Waals surface area contributed by atoms with E-state index < -0.39 is 29.2 Å². The van der Waals surface area contributed by atoms with Crippen LogP contribution in [0.1, 0.15) is 26.0 Å². The number of anilines is 1. The molecule has 0 bridgehead atoms. The van der Waals surface area contributed by atoms with Gasteiger partial charge in [0, 0.05) is 11.1 Å². The maximum atomic E-state index is 12.7. The van der Waals surface area contributed by atoms with Gasteiger partial charge in [0.15, 0.2) is 10.8 Å². The van der Waals surface area contributed by atoms with E-state index in [9.17, 15) is 19.5 Å². The van der Waals surface area contributed by atoms with Gasteiger partial charge < -0.3 is 21.0 Å². The molecule has 3 heterocycles. The van der Waals surface area contributed by atoms with Gasteiger partial charge in [0.2, 0.25) is 0 Å². The van der Waals surface area contributed by atoms with E-state index in [1.54, 1.807) is 12.3 Å². The number of carboxylic acids is 1. The molecule has 2 atom stereocenters. The van der Waals surface area contributed by atoms with E-state index in [1.165, 1.54) is 16.7 Å². The summed E-state index contributed by atoms with van der Waals surface area (Å²) in [6, 6.07) is -0.854. The molecule has 2 amide bonds. The number of carbonyl (C=O) groups is 3. The minimum Gasteiger partial charge on any atom is -0.477 e. The van der Waals surface area contributed by atoms with Gasteiger partial charge in [0.25, 0.3) is 11.8 Å². The second kappa shape index (κ2) is 8.19. The topological polar surface area (TPSA) is 147 Å². The van der Waals surface area contributed by atoms with Crippen LogP contribution in [0, 0.1) is 0 Å². The van der Waals surface area contributed by atoms with E-state index in [1.807, 2.05) is 6.92 Å².